The highest BCUT2D eigenvalue weighted by Gasteiger charge is 2.11. The van der Waals surface area contributed by atoms with Gasteiger partial charge in [0, 0.05) is 9.35 Å². The molecule has 1 atom stereocenters. The molecular formula is C12H13BrN2S. The van der Waals surface area contributed by atoms with Crippen molar-refractivity contribution in [1.29, 1.82) is 0 Å². The van der Waals surface area contributed by atoms with Gasteiger partial charge in [-0.05, 0) is 35.6 Å². The van der Waals surface area contributed by atoms with Crippen molar-refractivity contribution in [2.24, 2.45) is 5.84 Å². The van der Waals surface area contributed by atoms with E-state index in [2.05, 4.69) is 57.1 Å². The average molecular weight is 297 g/mol. The molecule has 84 valence electrons. The maximum absolute atomic E-state index is 5.59. The topological polar surface area (TPSA) is 38.0 Å². The largest absolute Gasteiger partial charge is 0.271 e. The van der Waals surface area contributed by atoms with E-state index in [-0.39, 0.29) is 6.04 Å². The molecule has 1 heterocycles. The molecular weight excluding hydrogens is 284 g/mol. The number of nitrogens with one attached hydrogen (secondary N) is 1. The van der Waals surface area contributed by atoms with Crippen LogP contribution < -0.4 is 11.3 Å². The van der Waals surface area contributed by atoms with Crippen molar-refractivity contribution in [3.63, 3.8) is 0 Å². The van der Waals surface area contributed by atoms with E-state index in [1.54, 1.807) is 11.3 Å². The monoisotopic (exact) mass is 296 g/mol. The van der Waals surface area contributed by atoms with Gasteiger partial charge in [0.2, 0.25) is 0 Å². The van der Waals surface area contributed by atoms with Crippen LogP contribution in [-0.2, 0) is 6.42 Å². The van der Waals surface area contributed by atoms with E-state index in [0.717, 1.165) is 10.9 Å². The van der Waals surface area contributed by atoms with Gasteiger partial charge in [-0.2, -0.15) is 0 Å². The lowest BCUT2D eigenvalue weighted by Crippen LogP contribution is -2.28. The highest BCUT2D eigenvalue weighted by molar-refractivity contribution is 9.10. The van der Waals surface area contributed by atoms with Crippen molar-refractivity contribution in [3.05, 3.63) is 56.7 Å². The molecule has 1 unspecified atom stereocenters. The van der Waals surface area contributed by atoms with E-state index in [4.69, 9.17) is 5.84 Å². The molecule has 1 aromatic carbocycles. The van der Waals surface area contributed by atoms with Gasteiger partial charge < -0.3 is 0 Å². The predicted octanol–water partition coefficient (Wildman–Crippen LogP) is 3.26. The molecule has 2 aromatic rings. The minimum atomic E-state index is 0.196. The molecule has 0 fully saturated rings. The Morgan fingerprint density at radius 2 is 2.00 bits per heavy atom. The molecule has 0 radical (unpaired) electrons. The Kier molecular flexibility index (Phi) is 4.12. The lowest BCUT2D eigenvalue weighted by atomic mass is 10.1. The molecule has 4 heteroatoms. The number of hydrazine groups is 1. The van der Waals surface area contributed by atoms with Crippen LogP contribution >= 0.6 is 27.3 Å². The summed E-state index contributed by atoms with van der Waals surface area (Å²) in [6.07, 6.45) is 0.907. The lowest BCUT2D eigenvalue weighted by Gasteiger charge is -2.14. The zero-order chi connectivity index (χ0) is 11.4. The summed E-state index contributed by atoms with van der Waals surface area (Å²) >= 11 is 5.16. The minimum absolute atomic E-state index is 0.196. The number of rotatable bonds is 4. The highest BCUT2D eigenvalue weighted by Crippen LogP contribution is 2.22. The van der Waals surface area contributed by atoms with E-state index in [1.165, 1.54) is 10.4 Å². The smallest absolute Gasteiger partial charge is 0.0593 e. The number of hydrogen-bond acceptors (Lipinski definition) is 3. The summed E-state index contributed by atoms with van der Waals surface area (Å²) in [5.74, 6) is 5.59. The Hall–Kier alpha value is -0.680. The molecule has 3 N–H and O–H groups in total. The Bertz CT molecular complexity index is 425. The quantitative estimate of drug-likeness (QED) is 0.671. The number of thiophene rings is 1. The van der Waals surface area contributed by atoms with E-state index < -0.39 is 0 Å². The molecule has 0 spiro atoms. The molecule has 2 rings (SSSR count). The first-order valence-electron chi connectivity index (χ1n) is 5.03. The number of nitrogens with two attached hydrogens (primary N) is 1. The summed E-state index contributed by atoms with van der Waals surface area (Å²) in [6.45, 7) is 0. The van der Waals surface area contributed by atoms with Crippen molar-refractivity contribution in [3.8, 4) is 0 Å². The van der Waals surface area contributed by atoms with Crippen LogP contribution in [0.3, 0.4) is 0 Å². The first-order valence-corrected chi connectivity index (χ1v) is 6.71. The molecule has 0 aliphatic carbocycles. The maximum Gasteiger partial charge on any atom is 0.0593 e. The Balaban J connectivity index is 2.10. The van der Waals surface area contributed by atoms with Crippen molar-refractivity contribution in [1.82, 2.24) is 5.43 Å². The highest BCUT2D eigenvalue weighted by atomic mass is 79.9. The Morgan fingerprint density at radius 3 is 2.56 bits per heavy atom. The third-order valence-electron chi connectivity index (χ3n) is 2.44. The SMILES string of the molecule is NNC(Cc1ccc(Br)cc1)c1cccs1. The van der Waals surface area contributed by atoms with E-state index in [1.807, 2.05) is 6.07 Å². The lowest BCUT2D eigenvalue weighted by molar-refractivity contribution is 0.560. The molecule has 1 aromatic heterocycles. The van der Waals surface area contributed by atoms with Crippen LogP contribution in [0.1, 0.15) is 16.5 Å². The van der Waals surface area contributed by atoms with Crippen LogP contribution in [0.15, 0.2) is 46.3 Å². The number of halogens is 1. The van der Waals surface area contributed by atoms with Crippen molar-refractivity contribution < 1.29 is 0 Å². The first-order chi connectivity index (χ1) is 7.79. The Morgan fingerprint density at radius 1 is 1.25 bits per heavy atom. The zero-order valence-electron chi connectivity index (χ0n) is 8.69. The summed E-state index contributed by atoms with van der Waals surface area (Å²) < 4.78 is 1.10. The van der Waals surface area contributed by atoms with Crippen LogP contribution in [0.25, 0.3) is 0 Å². The molecule has 16 heavy (non-hydrogen) atoms. The zero-order valence-corrected chi connectivity index (χ0v) is 11.1. The molecule has 0 aliphatic heterocycles. The third-order valence-corrected chi connectivity index (χ3v) is 3.96. The van der Waals surface area contributed by atoms with Gasteiger partial charge in [0.05, 0.1) is 6.04 Å². The molecule has 0 amide bonds. The van der Waals surface area contributed by atoms with Gasteiger partial charge in [0.25, 0.3) is 0 Å². The van der Waals surface area contributed by atoms with E-state index in [9.17, 15) is 0 Å². The van der Waals surface area contributed by atoms with Crippen LogP contribution in [-0.4, -0.2) is 0 Å². The van der Waals surface area contributed by atoms with Gasteiger partial charge in [-0.3, -0.25) is 11.3 Å². The summed E-state index contributed by atoms with van der Waals surface area (Å²) in [6, 6.07) is 12.7. The summed E-state index contributed by atoms with van der Waals surface area (Å²) in [5, 5.41) is 2.07. The Labute approximate surface area is 108 Å². The van der Waals surface area contributed by atoms with Crippen LogP contribution in [0, 0.1) is 0 Å². The van der Waals surface area contributed by atoms with Gasteiger partial charge in [-0.1, -0.05) is 34.1 Å². The minimum Gasteiger partial charge on any atom is -0.271 e. The average Bonchev–Trinajstić information content (AvgIpc) is 2.82. The van der Waals surface area contributed by atoms with Gasteiger partial charge in [0.15, 0.2) is 0 Å². The molecule has 0 aliphatic rings. The maximum atomic E-state index is 5.59. The molecule has 2 nitrogen and oxygen atoms in total. The van der Waals surface area contributed by atoms with Crippen LogP contribution in [0.5, 0.6) is 0 Å². The van der Waals surface area contributed by atoms with Crippen molar-refractivity contribution in [2.45, 2.75) is 12.5 Å². The second-order valence-corrected chi connectivity index (χ2v) is 5.46. The van der Waals surface area contributed by atoms with Gasteiger partial charge in [0.1, 0.15) is 0 Å². The first kappa shape index (κ1) is 11.8. The molecule has 0 bridgehead atoms. The van der Waals surface area contributed by atoms with Gasteiger partial charge >= 0.3 is 0 Å². The summed E-state index contributed by atoms with van der Waals surface area (Å²) in [7, 11) is 0. The fourth-order valence-corrected chi connectivity index (χ4v) is 2.64. The van der Waals surface area contributed by atoms with Crippen LogP contribution in [0.4, 0.5) is 0 Å². The second kappa shape index (κ2) is 5.59. The normalized spacial score (nSPS) is 12.6. The fraction of sp³-hybridized carbons (Fsp3) is 0.167. The predicted molar refractivity (Wildman–Crippen MR) is 72.2 cm³/mol. The van der Waals surface area contributed by atoms with Gasteiger partial charge in [-0.25, -0.2) is 0 Å². The van der Waals surface area contributed by atoms with Crippen molar-refractivity contribution in [2.75, 3.05) is 0 Å². The second-order valence-electron chi connectivity index (χ2n) is 3.57. The fourth-order valence-electron chi connectivity index (χ4n) is 1.59. The standard InChI is InChI=1S/C12H13BrN2S/c13-10-5-3-9(4-6-10)8-11(15-14)12-2-1-7-16-12/h1-7,11,15H,8,14H2. The third kappa shape index (κ3) is 2.92. The summed E-state index contributed by atoms with van der Waals surface area (Å²) in [4.78, 5) is 1.27. The van der Waals surface area contributed by atoms with Crippen LogP contribution in [0.2, 0.25) is 0 Å². The van der Waals surface area contributed by atoms with Crippen molar-refractivity contribution >= 4 is 27.3 Å². The number of hydrogen-bond donors (Lipinski definition) is 2. The number of benzene rings is 1. The molecule has 0 saturated heterocycles. The summed E-state index contributed by atoms with van der Waals surface area (Å²) in [5.41, 5.74) is 4.14. The van der Waals surface area contributed by atoms with Gasteiger partial charge in [-0.15, -0.1) is 11.3 Å². The molecule has 0 saturated carbocycles. The van der Waals surface area contributed by atoms with E-state index in [0.29, 0.717) is 0 Å². The van der Waals surface area contributed by atoms with E-state index >= 15 is 0 Å².